The van der Waals surface area contributed by atoms with Gasteiger partial charge in [0.25, 0.3) is 5.56 Å². The molecule has 1 aromatic heterocycles. The molecule has 2 aromatic carbocycles. The molecule has 2 heterocycles. The summed E-state index contributed by atoms with van der Waals surface area (Å²) in [6.07, 6.45) is 1.81. The Labute approximate surface area is 220 Å². The number of aromatic nitrogens is 1. The molecule has 0 fully saturated rings. The van der Waals surface area contributed by atoms with Crippen molar-refractivity contribution in [1.82, 2.24) is 4.57 Å². The third-order valence-electron chi connectivity index (χ3n) is 6.23. The zero-order valence-corrected chi connectivity index (χ0v) is 22.8. The van der Waals surface area contributed by atoms with E-state index in [-0.39, 0.29) is 5.56 Å². The lowest BCUT2D eigenvalue weighted by atomic mass is 9.93. The smallest absolute Gasteiger partial charge is 0.338 e. The lowest BCUT2D eigenvalue weighted by Crippen LogP contribution is -2.39. The van der Waals surface area contributed by atoms with Gasteiger partial charge >= 0.3 is 5.97 Å². The molecule has 0 aliphatic carbocycles. The summed E-state index contributed by atoms with van der Waals surface area (Å²) in [5.41, 5.74) is 3.42. The van der Waals surface area contributed by atoms with Crippen molar-refractivity contribution in [3.8, 4) is 11.5 Å². The average molecular weight is 521 g/mol. The van der Waals surface area contributed by atoms with Gasteiger partial charge in [-0.15, -0.1) is 0 Å². The minimum absolute atomic E-state index is 0.230. The van der Waals surface area contributed by atoms with Gasteiger partial charge in [0.15, 0.2) is 4.80 Å². The Bertz CT molecular complexity index is 1510. The van der Waals surface area contributed by atoms with Crippen LogP contribution in [0, 0.1) is 0 Å². The molecule has 0 amide bonds. The monoisotopic (exact) mass is 520 g/mol. The minimum atomic E-state index is -0.640. The van der Waals surface area contributed by atoms with Crippen LogP contribution in [0.25, 0.3) is 6.08 Å². The highest BCUT2D eigenvalue weighted by Crippen LogP contribution is 2.31. The predicted molar refractivity (Wildman–Crippen MR) is 145 cm³/mol. The van der Waals surface area contributed by atoms with Crippen LogP contribution in [0.3, 0.4) is 0 Å². The molecule has 7 nitrogen and oxygen atoms in total. The number of benzene rings is 2. The van der Waals surface area contributed by atoms with Gasteiger partial charge in [0.05, 0.1) is 42.2 Å². The van der Waals surface area contributed by atoms with Crippen molar-refractivity contribution in [2.24, 2.45) is 4.99 Å². The summed E-state index contributed by atoms with van der Waals surface area (Å²) < 4.78 is 18.6. The summed E-state index contributed by atoms with van der Waals surface area (Å²) in [6.45, 7) is 10.9. The molecule has 4 rings (SSSR count). The van der Waals surface area contributed by atoms with E-state index in [4.69, 9.17) is 14.2 Å². The number of carbonyl (C=O) groups is 1. The summed E-state index contributed by atoms with van der Waals surface area (Å²) in [4.78, 5) is 31.8. The molecule has 0 bridgehead atoms. The number of methoxy groups -OCH3 is 1. The summed E-state index contributed by atoms with van der Waals surface area (Å²) in [6, 6.07) is 12.9. The molecule has 194 valence electrons. The molecule has 3 aromatic rings. The molecule has 0 saturated heterocycles. The predicted octanol–water partition coefficient (Wildman–Crippen LogP) is 4.33. The fourth-order valence-corrected chi connectivity index (χ4v) is 5.42. The molecular formula is C29H32N2O5S. The Balaban J connectivity index is 1.91. The first-order valence-electron chi connectivity index (χ1n) is 12.4. The lowest BCUT2D eigenvalue weighted by molar-refractivity contribution is -0.136. The number of allylic oxidation sites excluding steroid dienone is 1. The van der Waals surface area contributed by atoms with Crippen molar-refractivity contribution < 1.29 is 19.0 Å². The van der Waals surface area contributed by atoms with E-state index in [0.29, 0.717) is 51.2 Å². The number of thiazole rings is 1. The number of rotatable bonds is 8. The molecule has 1 atom stereocenters. The number of ether oxygens (including phenoxy) is 3. The topological polar surface area (TPSA) is 79.1 Å². The number of nitrogens with zero attached hydrogens (tertiary/aromatic N) is 2. The van der Waals surface area contributed by atoms with Gasteiger partial charge in [-0.1, -0.05) is 49.4 Å². The normalized spacial score (nSPS) is 15.4. The second-order valence-corrected chi connectivity index (χ2v) is 9.97. The van der Waals surface area contributed by atoms with Gasteiger partial charge in [-0.25, -0.2) is 9.79 Å². The van der Waals surface area contributed by atoms with E-state index in [2.05, 4.69) is 18.8 Å². The molecule has 0 spiro atoms. The Hall–Kier alpha value is -3.65. The van der Waals surface area contributed by atoms with Gasteiger partial charge in [0.1, 0.15) is 11.5 Å². The van der Waals surface area contributed by atoms with E-state index in [9.17, 15) is 9.59 Å². The molecule has 0 radical (unpaired) electrons. The van der Waals surface area contributed by atoms with Crippen LogP contribution >= 0.6 is 11.3 Å². The lowest BCUT2D eigenvalue weighted by Gasteiger charge is -2.24. The fourth-order valence-electron chi connectivity index (χ4n) is 4.38. The van der Waals surface area contributed by atoms with Crippen molar-refractivity contribution in [3.63, 3.8) is 0 Å². The molecule has 0 N–H and O–H groups in total. The third kappa shape index (κ3) is 5.25. The van der Waals surface area contributed by atoms with Gasteiger partial charge in [-0.05, 0) is 56.0 Å². The van der Waals surface area contributed by atoms with E-state index >= 15 is 0 Å². The van der Waals surface area contributed by atoms with Crippen LogP contribution < -0.4 is 24.4 Å². The minimum Gasteiger partial charge on any atom is -0.494 e. The van der Waals surface area contributed by atoms with Gasteiger partial charge in [-0.3, -0.25) is 9.36 Å². The average Bonchev–Trinajstić information content (AvgIpc) is 3.18. The zero-order valence-electron chi connectivity index (χ0n) is 22.0. The van der Waals surface area contributed by atoms with Crippen molar-refractivity contribution in [2.75, 3.05) is 20.3 Å². The maximum atomic E-state index is 13.8. The van der Waals surface area contributed by atoms with Gasteiger partial charge < -0.3 is 14.2 Å². The van der Waals surface area contributed by atoms with Crippen LogP contribution in [-0.4, -0.2) is 30.9 Å². The summed E-state index contributed by atoms with van der Waals surface area (Å²) in [5.74, 6) is 1.19. The highest BCUT2D eigenvalue weighted by atomic mass is 32.1. The zero-order chi connectivity index (χ0) is 26.7. The molecular weight excluding hydrogens is 488 g/mol. The second-order valence-electron chi connectivity index (χ2n) is 8.96. The number of fused-ring (bicyclic) bond motifs is 1. The second kappa shape index (κ2) is 11.2. The van der Waals surface area contributed by atoms with Crippen molar-refractivity contribution >= 4 is 23.4 Å². The number of hydrogen-bond acceptors (Lipinski definition) is 7. The maximum absolute atomic E-state index is 13.8. The summed E-state index contributed by atoms with van der Waals surface area (Å²) >= 11 is 1.28. The first kappa shape index (κ1) is 26.4. The van der Waals surface area contributed by atoms with Crippen LogP contribution in [0.1, 0.15) is 63.3 Å². The van der Waals surface area contributed by atoms with Crippen LogP contribution in [0.4, 0.5) is 0 Å². The SMILES string of the molecule is CCOc1ccc(/C=c2\sc3n(c2=O)C(c2ccc(C(C)C)cc2)C(C(=O)OC)=C(C)N=3)c(OCC)c1. The van der Waals surface area contributed by atoms with E-state index in [1.807, 2.05) is 56.3 Å². The van der Waals surface area contributed by atoms with E-state index in [0.717, 1.165) is 11.1 Å². The quantitative estimate of drug-likeness (QED) is 0.413. The fraction of sp³-hybridized carbons (Fsp3) is 0.345. The molecule has 1 unspecified atom stereocenters. The van der Waals surface area contributed by atoms with Crippen molar-refractivity contribution in [3.05, 3.63) is 90.1 Å². The van der Waals surface area contributed by atoms with Crippen LogP contribution in [0.5, 0.6) is 11.5 Å². The molecule has 1 aliphatic heterocycles. The third-order valence-corrected chi connectivity index (χ3v) is 7.21. The van der Waals surface area contributed by atoms with Gasteiger partial charge in [0, 0.05) is 11.6 Å². The molecule has 8 heteroatoms. The first-order valence-corrected chi connectivity index (χ1v) is 13.2. The highest BCUT2D eigenvalue weighted by Gasteiger charge is 2.33. The Morgan fingerprint density at radius 2 is 1.81 bits per heavy atom. The van der Waals surface area contributed by atoms with Crippen LogP contribution in [-0.2, 0) is 9.53 Å². The summed E-state index contributed by atoms with van der Waals surface area (Å²) in [5, 5.41) is 0. The standard InChI is InChI=1S/C29H32N2O5S/c1-7-35-22-14-13-21(23(16-22)36-8-2)15-24-27(32)31-26(20-11-9-19(10-12-20)17(3)4)25(28(33)34-6)18(5)30-29(31)37-24/h9-17,26H,7-8H2,1-6H3/b24-15-. The molecule has 0 saturated carbocycles. The van der Waals surface area contributed by atoms with Gasteiger partial charge in [0.2, 0.25) is 0 Å². The van der Waals surface area contributed by atoms with Crippen LogP contribution in [0.15, 0.2) is 63.5 Å². The molecule has 1 aliphatic rings. The van der Waals surface area contributed by atoms with Crippen LogP contribution in [0.2, 0.25) is 0 Å². The number of carbonyl (C=O) groups excluding carboxylic acids is 1. The maximum Gasteiger partial charge on any atom is 0.338 e. The van der Waals surface area contributed by atoms with Crippen molar-refractivity contribution in [2.45, 2.75) is 46.6 Å². The molecule has 37 heavy (non-hydrogen) atoms. The highest BCUT2D eigenvalue weighted by molar-refractivity contribution is 7.07. The number of esters is 1. The Morgan fingerprint density at radius 3 is 2.43 bits per heavy atom. The summed E-state index contributed by atoms with van der Waals surface area (Å²) in [7, 11) is 1.34. The Kier molecular flexibility index (Phi) is 7.97. The largest absolute Gasteiger partial charge is 0.494 e. The van der Waals surface area contributed by atoms with E-state index in [1.54, 1.807) is 17.6 Å². The van der Waals surface area contributed by atoms with Gasteiger partial charge in [-0.2, -0.15) is 0 Å². The van der Waals surface area contributed by atoms with E-state index in [1.165, 1.54) is 24.0 Å². The first-order chi connectivity index (χ1) is 17.8. The van der Waals surface area contributed by atoms with E-state index < -0.39 is 12.0 Å². The Morgan fingerprint density at radius 1 is 1.11 bits per heavy atom. The number of hydrogen-bond donors (Lipinski definition) is 0. The van der Waals surface area contributed by atoms with Crippen molar-refractivity contribution in [1.29, 1.82) is 0 Å².